The Morgan fingerprint density at radius 2 is 1.84 bits per heavy atom. The molecule has 3 nitrogen and oxygen atoms in total. The highest BCUT2D eigenvalue weighted by Crippen LogP contribution is 2.21. The van der Waals surface area contributed by atoms with Gasteiger partial charge in [0.1, 0.15) is 0 Å². The van der Waals surface area contributed by atoms with Gasteiger partial charge in [-0.15, -0.1) is 11.8 Å². The van der Waals surface area contributed by atoms with Crippen molar-refractivity contribution in [1.29, 1.82) is 0 Å². The van der Waals surface area contributed by atoms with Crippen molar-refractivity contribution in [2.75, 3.05) is 16.8 Å². The number of thioether (sulfide) groups is 1. The van der Waals surface area contributed by atoms with Crippen LogP contribution < -0.4 is 11.1 Å². The van der Waals surface area contributed by atoms with Crippen molar-refractivity contribution in [2.45, 2.75) is 4.90 Å². The molecule has 98 valence electrons. The van der Waals surface area contributed by atoms with E-state index >= 15 is 0 Å². The molecule has 5 heteroatoms. The Hall–Kier alpha value is -1.21. The average Bonchev–Trinajstić information content (AvgIpc) is 2.41. The minimum atomic E-state index is -0.00839. The molecule has 0 unspecified atom stereocenters. The second-order valence-corrected chi connectivity index (χ2v) is 6.10. The molecule has 0 saturated carbocycles. The molecule has 0 heterocycles. The second-order valence-electron chi connectivity index (χ2n) is 3.89. The smallest absolute Gasteiger partial charge is 0.234 e. The Morgan fingerprint density at radius 1 is 1.16 bits per heavy atom. The van der Waals surface area contributed by atoms with Gasteiger partial charge in [0.15, 0.2) is 0 Å². The van der Waals surface area contributed by atoms with Gasteiger partial charge in [0.25, 0.3) is 0 Å². The summed E-state index contributed by atoms with van der Waals surface area (Å²) in [4.78, 5) is 12.9. The summed E-state index contributed by atoms with van der Waals surface area (Å²) in [6.45, 7) is 0. The Bertz CT molecular complexity index is 572. The molecule has 0 aliphatic heterocycles. The van der Waals surface area contributed by atoms with Crippen LogP contribution in [0.1, 0.15) is 0 Å². The van der Waals surface area contributed by atoms with Crippen LogP contribution in [0.2, 0.25) is 0 Å². The van der Waals surface area contributed by atoms with Gasteiger partial charge in [-0.2, -0.15) is 0 Å². The van der Waals surface area contributed by atoms with Gasteiger partial charge in [0.2, 0.25) is 5.91 Å². The molecule has 0 atom stereocenters. The zero-order valence-corrected chi connectivity index (χ0v) is 13.1. The Morgan fingerprint density at radius 3 is 2.53 bits per heavy atom. The number of carbonyl (C=O) groups excluding carboxylic acids is 1. The van der Waals surface area contributed by atoms with E-state index in [1.54, 1.807) is 0 Å². The van der Waals surface area contributed by atoms with Crippen molar-refractivity contribution in [1.82, 2.24) is 0 Å². The summed E-state index contributed by atoms with van der Waals surface area (Å²) in [7, 11) is 0. The molecule has 0 fully saturated rings. The van der Waals surface area contributed by atoms with Crippen molar-refractivity contribution >= 4 is 51.6 Å². The van der Waals surface area contributed by atoms with E-state index in [0.29, 0.717) is 5.75 Å². The zero-order chi connectivity index (χ0) is 13.7. The van der Waals surface area contributed by atoms with Crippen LogP contribution >= 0.6 is 34.4 Å². The van der Waals surface area contributed by atoms with E-state index in [9.17, 15) is 4.79 Å². The van der Waals surface area contributed by atoms with Gasteiger partial charge in [0.05, 0.1) is 11.4 Å². The number of hydrogen-bond donors (Lipinski definition) is 2. The molecule has 1 amide bonds. The number of nitrogens with one attached hydrogen (secondary N) is 1. The van der Waals surface area contributed by atoms with Gasteiger partial charge in [-0.3, -0.25) is 4.79 Å². The van der Waals surface area contributed by atoms with E-state index in [1.807, 2.05) is 48.5 Å². The number of nitrogen functional groups attached to an aromatic ring is 1. The average molecular weight is 384 g/mol. The number of para-hydroxylation sites is 1. The van der Waals surface area contributed by atoms with E-state index in [1.165, 1.54) is 11.8 Å². The van der Waals surface area contributed by atoms with Crippen molar-refractivity contribution in [3.8, 4) is 0 Å². The lowest BCUT2D eigenvalue weighted by atomic mass is 10.3. The van der Waals surface area contributed by atoms with E-state index in [0.717, 1.165) is 19.8 Å². The molecule has 0 bridgehead atoms. The predicted octanol–water partition coefficient (Wildman–Crippen LogP) is 3.60. The van der Waals surface area contributed by atoms with Gasteiger partial charge < -0.3 is 11.1 Å². The van der Waals surface area contributed by atoms with Crippen molar-refractivity contribution in [3.05, 3.63) is 52.1 Å². The van der Waals surface area contributed by atoms with Crippen LogP contribution in [0.15, 0.2) is 53.4 Å². The maximum absolute atomic E-state index is 11.8. The largest absolute Gasteiger partial charge is 0.399 e. The van der Waals surface area contributed by atoms with Crippen LogP contribution in [0.5, 0.6) is 0 Å². The first kappa shape index (κ1) is 14.2. The van der Waals surface area contributed by atoms with Crippen LogP contribution in [-0.2, 0) is 4.79 Å². The fourth-order valence-electron chi connectivity index (χ4n) is 1.46. The van der Waals surface area contributed by atoms with Crippen molar-refractivity contribution in [3.63, 3.8) is 0 Å². The molecule has 0 aliphatic rings. The summed E-state index contributed by atoms with van der Waals surface area (Å²) in [6.07, 6.45) is 0. The normalized spacial score (nSPS) is 10.2. The molecule has 3 N–H and O–H groups in total. The van der Waals surface area contributed by atoms with Gasteiger partial charge >= 0.3 is 0 Å². The first-order chi connectivity index (χ1) is 9.15. The first-order valence-corrected chi connectivity index (χ1v) is 7.74. The lowest BCUT2D eigenvalue weighted by Crippen LogP contribution is -2.14. The number of rotatable bonds is 4. The Labute approximate surface area is 130 Å². The molecular weight excluding hydrogens is 371 g/mol. The van der Waals surface area contributed by atoms with E-state index < -0.39 is 0 Å². The fraction of sp³-hybridized carbons (Fsp3) is 0.0714. The quantitative estimate of drug-likeness (QED) is 0.481. The fourth-order valence-corrected chi connectivity index (χ4v) is 2.68. The molecule has 0 aromatic heterocycles. The zero-order valence-electron chi connectivity index (χ0n) is 10.1. The van der Waals surface area contributed by atoms with E-state index in [-0.39, 0.29) is 5.91 Å². The molecule has 0 radical (unpaired) electrons. The Kier molecular flexibility index (Phi) is 5.09. The lowest BCUT2D eigenvalue weighted by Gasteiger charge is -2.07. The maximum Gasteiger partial charge on any atom is 0.234 e. The maximum atomic E-state index is 11.8. The van der Waals surface area contributed by atoms with Crippen LogP contribution in [0.25, 0.3) is 0 Å². The standard InChI is InChI=1S/C14H13IN2OS/c15-12-3-1-2-4-13(12)17-14(18)9-19-11-7-5-10(16)6-8-11/h1-8H,9,16H2,(H,17,18). The number of carbonyl (C=O) groups is 1. The van der Waals surface area contributed by atoms with E-state index in [2.05, 4.69) is 27.9 Å². The number of benzene rings is 2. The minimum absolute atomic E-state index is 0.00839. The molecule has 0 spiro atoms. The van der Waals surface area contributed by atoms with Crippen LogP contribution in [-0.4, -0.2) is 11.7 Å². The van der Waals surface area contributed by atoms with Gasteiger partial charge in [0, 0.05) is 14.2 Å². The third kappa shape index (κ3) is 4.43. The summed E-state index contributed by atoms with van der Waals surface area (Å²) in [6, 6.07) is 15.2. The van der Waals surface area contributed by atoms with Crippen molar-refractivity contribution < 1.29 is 4.79 Å². The van der Waals surface area contributed by atoms with Crippen molar-refractivity contribution in [2.24, 2.45) is 0 Å². The predicted molar refractivity (Wildman–Crippen MR) is 89.4 cm³/mol. The van der Waals surface area contributed by atoms with E-state index in [4.69, 9.17) is 5.73 Å². The molecular formula is C14H13IN2OS. The third-order valence-corrected chi connectivity index (χ3v) is 4.35. The number of nitrogens with two attached hydrogens (primary N) is 1. The van der Waals surface area contributed by atoms with Crippen LogP contribution in [0.4, 0.5) is 11.4 Å². The number of halogens is 1. The second kappa shape index (κ2) is 6.81. The summed E-state index contributed by atoms with van der Waals surface area (Å²) in [5.41, 5.74) is 7.19. The molecule has 2 aromatic carbocycles. The summed E-state index contributed by atoms with van der Waals surface area (Å²) in [5.74, 6) is 0.375. The highest BCUT2D eigenvalue weighted by atomic mass is 127. The lowest BCUT2D eigenvalue weighted by molar-refractivity contribution is -0.113. The Balaban J connectivity index is 1.88. The van der Waals surface area contributed by atoms with Gasteiger partial charge in [-0.1, -0.05) is 12.1 Å². The number of anilines is 2. The number of hydrogen-bond acceptors (Lipinski definition) is 3. The monoisotopic (exact) mass is 384 g/mol. The van der Waals surface area contributed by atoms with Gasteiger partial charge in [-0.05, 0) is 59.0 Å². The SMILES string of the molecule is Nc1ccc(SCC(=O)Nc2ccccc2I)cc1. The molecule has 0 saturated heterocycles. The first-order valence-electron chi connectivity index (χ1n) is 5.68. The summed E-state index contributed by atoms with van der Waals surface area (Å²) < 4.78 is 1.03. The topological polar surface area (TPSA) is 55.1 Å². The minimum Gasteiger partial charge on any atom is -0.399 e. The van der Waals surface area contributed by atoms with Crippen LogP contribution in [0.3, 0.4) is 0 Å². The van der Waals surface area contributed by atoms with Gasteiger partial charge in [-0.25, -0.2) is 0 Å². The molecule has 19 heavy (non-hydrogen) atoms. The number of amides is 1. The third-order valence-electron chi connectivity index (χ3n) is 2.40. The highest BCUT2D eigenvalue weighted by molar-refractivity contribution is 14.1. The molecule has 0 aliphatic carbocycles. The van der Waals surface area contributed by atoms with Crippen LogP contribution in [0, 0.1) is 3.57 Å². The summed E-state index contributed by atoms with van der Waals surface area (Å²) >= 11 is 3.69. The molecule has 2 rings (SSSR count). The summed E-state index contributed by atoms with van der Waals surface area (Å²) in [5, 5.41) is 2.90. The molecule has 2 aromatic rings. The highest BCUT2D eigenvalue weighted by Gasteiger charge is 2.05.